The summed E-state index contributed by atoms with van der Waals surface area (Å²) >= 11 is 0. The minimum absolute atomic E-state index is 0.0419. The number of anilines is 4. The molecule has 0 radical (unpaired) electrons. The van der Waals surface area contributed by atoms with Crippen LogP contribution in [0.3, 0.4) is 0 Å². The summed E-state index contributed by atoms with van der Waals surface area (Å²) in [5.41, 5.74) is 2.11. The lowest BCUT2D eigenvalue weighted by Gasteiger charge is -2.39. The first-order chi connectivity index (χ1) is 18.4. The van der Waals surface area contributed by atoms with Gasteiger partial charge >= 0.3 is 0 Å². The Bertz CT molecular complexity index is 1440. The monoisotopic (exact) mass is 518 g/mol. The van der Waals surface area contributed by atoms with Crippen LogP contribution >= 0.6 is 0 Å². The molecule has 0 atom stereocenters. The Morgan fingerprint density at radius 1 is 1.16 bits per heavy atom. The van der Waals surface area contributed by atoms with Gasteiger partial charge < -0.3 is 25.2 Å². The zero-order valence-electron chi connectivity index (χ0n) is 21.5. The number of aryl methyl sites for hydroxylation is 1. The van der Waals surface area contributed by atoms with E-state index in [0.717, 1.165) is 5.56 Å². The van der Waals surface area contributed by atoms with Crippen molar-refractivity contribution in [1.82, 2.24) is 29.5 Å². The molecule has 0 saturated carbocycles. The van der Waals surface area contributed by atoms with Gasteiger partial charge in [-0.05, 0) is 12.1 Å². The molecule has 3 aromatic heterocycles. The Hall–Kier alpha value is -4.29. The lowest BCUT2D eigenvalue weighted by atomic mass is 9.87. The molecule has 0 aliphatic carbocycles. The number of aromatic nitrogens is 6. The number of nitrogens with one attached hydrogen (secondary N) is 2. The molecule has 1 aliphatic heterocycles. The van der Waals surface area contributed by atoms with E-state index in [4.69, 9.17) is 9.47 Å². The van der Waals surface area contributed by atoms with Gasteiger partial charge in [0.1, 0.15) is 12.1 Å². The summed E-state index contributed by atoms with van der Waals surface area (Å²) in [6.07, 6.45) is 5.35. The second-order valence-corrected chi connectivity index (χ2v) is 9.32. The first-order valence-corrected chi connectivity index (χ1v) is 12.3. The number of pyridine rings is 1. The number of aliphatic hydroxyl groups is 1. The average Bonchev–Trinajstić information content (AvgIpc) is 3.54. The molecular formula is C26H30N8O4. The smallest absolute Gasteiger partial charge is 0.184 e. The van der Waals surface area contributed by atoms with Crippen LogP contribution in [-0.2, 0) is 18.3 Å². The fourth-order valence-corrected chi connectivity index (χ4v) is 4.29. The maximum absolute atomic E-state index is 12.7. The van der Waals surface area contributed by atoms with Gasteiger partial charge in [-0.15, -0.1) is 0 Å². The van der Waals surface area contributed by atoms with Crippen LogP contribution in [0.15, 0.2) is 49.1 Å². The second-order valence-electron chi connectivity index (χ2n) is 9.32. The van der Waals surface area contributed by atoms with Gasteiger partial charge in [0, 0.05) is 38.0 Å². The average molecular weight is 519 g/mol. The van der Waals surface area contributed by atoms with Crippen LogP contribution in [0.2, 0.25) is 0 Å². The molecule has 5 rings (SSSR count). The van der Waals surface area contributed by atoms with Crippen molar-refractivity contribution in [3.05, 3.63) is 54.6 Å². The number of ketones is 1. The molecule has 38 heavy (non-hydrogen) atoms. The normalized spacial score (nSPS) is 14.1. The molecule has 0 amide bonds. The highest BCUT2D eigenvalue weighted by Crippen LogP contribution is 2.37. The largest absolute Gasteiger partial charge is 0.494 e. The molecule has 0 unspecified atom stereocenters. The van der Waals surface area contributed by atoms with E-state index < -0.39 is 0 Å². The van der Waals surface area contributed by atoms with Gasteiger partial charge in [0.05, 0.1) is 61.4 Å². The number of hydrogen-bond acceptors (Lipinski definition) is 10. The van der Waals surface area contributed by atoms with Gasteiger partial charge in [-0.2, -0.15) is 10.2 Å². The molecule has 12 nitrogen and oxygen atoms in total. The van der Waals surface area contributed by atoms with E-state index in [1.807, 2.05) is 37.4 Å². The Morgan fingerprint density at radius 3 is 2.66 bits per heavy atom. The number of carbonyl (C=O) groups excluding carboxylic acids is 1. The van der Waals surface area contributed by atoms with E-state index in [1.54, 1.807) is 42.1 Å². The molecular weight excluding hydrogens is 488 g/mol. The van der Waals surface area contributed by atoms with E-state index in [9.17, 15) is 9.90 Å². The summed E-state index contributed by atoms with van der Waals surface area (Å²) in [4.78, 5) is 21.5. The summed E-state index contributed by atoms with van der Waals surface area (Å²) in [5, 5.41) is 25.2. The number of methoxy groups -OCH3 is 1. The molecule has 1 aromatic carbocycles. The van der Waals surface area contributed by atoms with Crippen LogP contribution in [0.5, 0.6) is 5.75 Å². The first kappa shape index (κ1) is 25.4. The lowest BCUT2D eigenvalue weighted by molar-refractivity contribution is -0.146. The first-order valence-electron chi connectivity index (χ1n) is 12.3. The molecule has 0 spiro atoms. The van der Waals surface area contributed by atoms with Gasteiger partial charge in [-0.3, -0.25) is 14.2 Å². The van der Waals surface area contributed by atoms with Crippen LogP contribution in [0.25, 0.3) is 11.4 Å². The van der Waals surface area contributed by atoms with Crippen molar-refractivity contribution in [3.8, 4) is 17.1 Å². The highest BCUT2D eigenvalue weighted by Gasteiger charge is 2.38. The molecule has 1 aliphatic rings. The Labute approximate surface area is 219 Å². The molecule has 4 heterocycles. The van der Waals surface area contributed by atoms with E-state index in [0.29, 0.717) is 66.3 Å². The number of para-hydroxylation sites is 1. The van der Waals surface area contributed by atoms with E-state index in [2.05, 4.69) is 30.8 Å². The quantitative estimate of drug-likeness (QED) is 0.254. The van der Waals surface area contributed by atoms with Crippen molar-refractivity contribution in [2.75, 3.05) is 37.6 Å². The van der Waals surface area contributed by atoms with Crippen LogP contribution in [0.4, 0.5) is 23.0 Å². The lowest BCUT2D eigenvalue weighted by Crippen LogP contribution is -2.48. The number of carbonyl (C=O) groups is 1. The van der Waals surface area contributed by atoms with Crippen molar-refractivity contribution >= 4 is 28.8 Å². The highest BCUT2D eigenvalue weighted by molar-refractivity contribution is 6.02. The zero-order chi connectivity index (χ0) is 26.7. The maximum atomic E-state index is 12.7. The Kier molecular flexibility index (Phi) is 7.07. The second kappa shape index (κ2) is 10.6. The summed E-state index contributed by atoms with van der Waals surface area (Å²) in [6, 6.07) is 9.21. The predicted octanol–water partition coefficient (Wildman–Crippen LogP) is 3.17. The van der Waals surface area contributed by atoms with E-state index >= 15 is 0 Å². The number of Topliss-reactive ketones (excluding diaryl/α,β-unsaturated/α-hetero) is 1. The van der Waals surface area contributed by atoms with Crippen LogP contribution < -0.4 is 15.4 Å². The fraction of sp³-hybridized carbons (Fsp3) is 0.346. The van der Waals surface area contributed by atoms with Crippen molar-refractivity contribution < 1.29 is 19.4 Å². The predicted molar refractivity (Wildman–Crippen MR) is 141 cm³/mol. The van der Waals surface area contributed by atoms with E-state index in [1.165, 1.54) is 0 Å². The van der Waals surface area contributed by atoms with Gasteiger partial charge in [0.15, 0.2) is 23.2 Å². The van der Waals surface area contributed by atoms with Gasteiger partial charge in [0.2, 0.25) is 0 Å². The number of benzene rings is 1. The standard InChI is InChI=1S/C26H30N8O4/c1-4-21(36)18-11-27-23(30-22-8-9-34(31-22)12-26(13-35)14-38-15-26)10-20(18)29-19-7-5-6-17(24(19)37-3)25-28-16-33(2)32-25/h5-11,16,35H,4,12-15H2,1-3H3,(H2,27,29,30,31). The number of ether oxygens (including phenoxy) is 2. The number of nitrogens with zero attached hydrogens (tertiary/aromatic N) is 6. The third-order valence-electron chi connectivity index (χ3n) is 6.40. The van der Waals surface area contributed by atoms with Crippen molar-refractivity contribution in [3.63, 3.8) is 0 Å². The molecule has 12 heteroatoms. The Balaban J connectivity index is 1.42. The molecule has 1 fully saturated rings. The Morgan fingerprint density at radius 2 is 2.00 bits per heavy atom. The van der Waals surface area contributed by atoms with Crippen molar-refractivity contribution in [2.24, 2.45) is 12.5 Å². The SMILES string of the molecule is CCC(=O)c1cnc(Nc2ccn(CC3(CO)COC3)n2)cc1Nc1cccc(-c2ncn(C)n2)c1OC. The van der Waals surface area contributed by atoms with Gasteiger partial charge in [0.25, 0.3) is 0 Å². The minimum Gasteiger partial charge on any atom is -0.494 e. The van der Waals surface area contributed by atoms with Crippen LogP contribution in [0, 0.1) is 5.41 Å². The third-order valence-corrected chi connectivity index (χ3v) is 6.40. The summed E-state index contributed by atoms with van der Waals surface area (Å²) in [7, 11) is 3.38. The van der Waals surface area contributed by atoms with E-state index in [-0.39, 0.29) is 17.8 Å². The topological polar surface area (TPSA) is 141 Å². The molecule has 4 aromatic rings. The van der Waals surface area contributed by atoms with Crippen molar-refractivity contribution in [1.29, 1.82) is 0 Å². The zero-order valence-corrected chi connectivity index (χ0v) is 21.5. The number of rotatable bonds is 11. The third kappa shape index (κ3) is 5.08. The minimum atomic E-state index is -0.292. The van der Waals surface area contributed by atoms with Crippen LogP contribution in [-0.4, -0.2) is 67.3 Å². The summed E-state index contributed by atoms with van der Waals surface area (Å²) in [6.45, 7) is 3.43. The molecule has 198 valence electrons. The fourth-order valence-electron chi connectivity index (χ4n) is 4.29. The summed E-state index contributed by atoms with van der Waals surface area (Å²) < 4.78 is 14.4. The van der Waals surface area contributed by atoms with Crippen LogP contribution in [0.1, 0.15) is 23.7 Å². The molecule has 0 bridgehead atoms. The summed E-state index contributed by atoms with van der Waals surface area (Å²) in [5.74, 6) is 2.13. The van der Waals surface area contributed by atoms with Crippen molar-refractivity contribution in [2.45, 2.75) is 19.9 Å². The molecule has 3 N–H and O–H groups in total. The maximum Gasteiger partial charge on any atom is 0.184 e. The van der Waals surface area contributed by atoms with Gasteiger partial charge in [-0.25, -0.2) is 9.97 Å². The number of aliphatic hydroxyl groups excluding tert-OH is 1. The van der Waals surface area contributed by atoms with Gasteiger partial charge in [-0.1, -0.05) is 13.0 Å². The highest BCUT2D eigenvalue weighted by atomic mass is 16.5. The number of hydrogen-bond donors (Lipinski definition) is 3. The molecule has 1 saturated heterocycles.